The number of rotatable bonds is 5. The first-order valence-electron chi connectivity index (χ1n) is 10.7. The molecule has 172 valence electrons. The van der Waals surface area contributed by atoms with E-state index in [1.54, 1.807) is 6.07 Å². The summed E-state index contributed by atoms with van der Waals surface area (Å²) >= 11 is 0. The number of nitrogens with zero attached hydrogens (tertiary/aromatic N) is 1. The number of anilines is 1. The van der Waals surface area contributed by atoms with E-state index in [-0.39, 0.29) is 16.6 Å². The van der Waals surface area contributed by atoms with Crippen LogP contribution in [0, 0.1) is 0 Å². The monoisotopic (exact) mass is 459 g/mol. The number of amides is 1. The van der Waals surface area contributed by atoms with E-state index in [0.717, 1.165) is 37.2 Å². The molecule has 1 fully saturated rings. The second-order valence-corrected chi connectivity index (χ2v) is 10.2. The molecule has 2 aromatic carbocycles. The predicted octanol–water partition coefficient (Wildman–Crippen LogP) is 2.92. The lowest BCUT2D eigenvalue weighted by Gasteiger charge is -2.46. The second kappa shape index (κ2) is 8.73. The van der Waals surface area contributed by atoms with Crippen molar-refractivity contribution >= 4 is 21.6 Å². The quantitative estimate of drug-likeness (QED) is 0.714. The minimum absolute atomic E-state index is 0.0207. The van der Waals surface area contributed by atoms with Crippen LogP contribution in [0.5, 0.6) is 11.5 Å². The zero-order valence-electron chi connectivity index (χ0n) is 18.6. The van der Waals surface area contributed by atoms with E-state index in [4.69, 9.17) is 9.47 Å². The molecule has 1 spiro atoms. The van der Waals surface area contributed by atoms with Crippen LogP contribution in [-0.2, 0) is 14.8 Å². The van der Waals surface area contributed by atoms with Gasteiger partial charge in [-0.05, 0) is 44.2 Å². The average molecular weight is 460 g/mol. The van der Waals surface area contributed by atoms with Crippen LogP contribution in [0.4, 0.5) is 5.69 Å². The van der Waals surface area contributed by atoms with Crippen LogP contribution in [0.15, 0.2) is 47.4 Å². The summed E-state index contributed by atoms with van der Waals surface area (Å²) in [5, 5.41) is 2.63. The summed E-state index contributed by atoms with van der Waals surface area (Å²) in [5.41, 5.74) is 0.798. The van der Waals surface area contributed by atoms with Crippen LogP contribution in [0.3, 0.4) is 0 Å². The third-order valence-electron chi connectivity index (χ3n) is 6.17. The van der Waals surface area contributed by atoms with Gasteiger partial charge in [0.15, 0.2) is 0 Å². The van der Waals surface area contributed by atoms with Gasteiger partial charge in [0.2, 0.25) is 15.9 Å². The van der Waals surface area contributed by atoms with Crippen molar-refractivity contribution in [2.75, 3.05) is 32.6 Å². The SMILES string of the molecule is COc1ccc(NC(C)=O)cc1S(=O)(=O)N[C@@H]1CC2(CCN(C)CC2)Oc2ccccc21. The summed E-state index contributed by atoms with van der Waals surface area (Å²) in [5.74, 6) is 0.643. The third kappa shape index (κ3) is 4.60. The Morgan fingerprint density at radius 2 is 1.91 bits per heavy atom. The summed E-state index contributed by atoms with van der Waals surface area (Å²) in [6.07, 6.45) is 2.21. The number of piperidine rings is 1. The van der Waals surface area contributed by atoms with Gasteiger partial charge in [-0.15, -0.1) is 0 Å². The zero-order chi connectivity index (χ0) is 22.9. The zero-order valence-corrected chi connectivity index (χ0v) is 19.4. The minimum Gasteiger partial charge on any atom is -0.495 e. The van der Waals surface area contributed by atoms with Crippen molar-refractivity contribution in [2.45, 2.75) is 42.7 Å². The van der Waals surface area contributed by atoms with Crippen LogP contribution >= 0.6 is 0 Å². The Balaban J connectivity index is 1.68. The number of carbonyl (C=O) groups is 1. The first-order chi connectivity index (χ1) is 15.2. The number of hydrogen-bond donors (Lipinski definition) is 2. The molecule has 9 heteroatoms. The van der Waals surface area contributed by atoms with Gasteiger partial charge in [-0.25, -0.2) is 13.1 Å². The van der Waals surface area contributed by atoms with Gasteiger partial charge in [0.1, 0.15) is 22.0 Å². The molecule has 8 nitrogen and oxygen atoms in total. The Labute approximate surface area is 189 Å². The Bertz CT molecular complexity index is 1110. The highest BCUT2D eigenvalue weighted by Gasteiger charge is 2.44. The van der Waals surface area contributed by atoms with Crippen molar-refractivity contribution in [3.05, 3.63) is 48.0 Å². The number of nitrogens with one attached hydrogen (secondary N) is 2. The van der Waals surface area contributed by atoms with Crippen molar-refractivity contribution in [3.63, 3.8) is 0 Å². The van der Waals surface area contributed by atoms with E-state index < -0.39 is 21.7 Å². The number of likely N-dealkylation sites (tertiary alicyclic amines) is 1. The molecule has 0 saturated carbocycles. The van der Waals surface area contributed by atoms with Gasteiger partial charge in [-0.3, -0.25) is 4.79 Å². The Hall–Kier alpha value is -2.62. The number of ether oxygens (including phenoxy) is 2. The van der Waals surface area contributed by atoms with E-state index in [2.05, 4.69) is 22.0 Å². The van der Waals surface area contributed by atoms with E-state index in [1.807, 2.05) is 24.3 Å². The molecule has 0 aromatic heterocycles. The molecule has 1 amide bonds. The van der Waals surface area contributed by atoms with E-state index >= 15 is 0 Å². The molecule has 1 atom stereocenters. The highest BCUT2D eigenvalue weighted by Crippen LogP contribution is 2.44. The van der Waals surface area contributed by atoms with Crippen LogP contribution in [-0.4, -0.2) is 52.1 Å². The second-order valence-electron chi connectivity index (χ2n) is 8.55. The maximum atomic E-state index is 13.5. The van der Waals surface area contributed by atoms with Crippen molar-refractivity contribution < 1.29 is 22.7 Å². The molecule has 2 aromatic rings. The number of hydrogen-bond acceptors (Lipinski definition) is 6. The molecule has 2 aliphatic heterocycles. The summed E-state index contributed by atoms with van der Waals surface area (Å²) in [6.45, 7) is 3.17. The molecular weight excluding hydrogens is 430 g/mol. The van der Waals surface area contributed by atoms with Gasteiger partial charge in [0, 0.05) is 37.7 Å². The fourth-order valence-corrected chi connectivity index (χ4v) is 5.88. The van der Waals surface area contributed by atoms with Gasteiger partial charge in [-0.2, -0.15) is 0 Å². The molecule has 2 heterocycles. The number of methoxy groups -OCH3 is 1. The normalized spacial score (nSPS) is 20.3. The number of sulfonamides is 1. The van der Waals surface area contributed by atoms with Crippen LogP contribution < -0.4 is 19.5 Å². The topological polar surface area (TPSA) is 97.0 Å². The molecule has 0 bridgehead atoms. The van der Waals surface area contributed by atoms with E-state index in [0.29, 0.717) is 12.1 Å². The fraction of sp³-hybridized carbons (Fsp3) is 0.435. The molecule has 2 aliphatic rings. The smallest absolute Gasteiger partial charge is 0.244 e. The van der Waals surface area contributed by atoms with Crippen LogP contribution in [0.25, 0.3) is 0 Å². The van der Waals surface area contributed by atoms with Gasteiger partial charge in [0.05, 0.1) is 13.2 Å². The number of benzene rings is 2. The predicted molar refractivity (Wildman–Crippen MR) is 122 cm³/mol. The molecular formula is C23H29N3O5S. The Morgan fingerprint density at radius 1 is 1.19 bits per heavy atom. The molecule has 32 heavy (non-hydrogen) atoms. The maximum absolute atomic E-state index is 13.5. The van der Waals surface area contributed by atoms with Gasteiger partial charge in [-0.1, -0.05) is 18.2 Å². The maximum Gasteiger partial charge on any atom is 0.244 e. The third-order valence-corrected chi connectivity index (χ3v) is 7.66. The lowest BCUT2D eigenvalue weighted by Crippen LogP contribution is -2.51. The van der Waals surface area contributed by atoms with E-state index in [1.165, 1.54) is 26.2 Å². The first kappa shape index (κ1) is 22.6. The summed E-state index contributed by atoms with van der Waals surface area (Å²) in [6, 6.07) is 11.7. The Kier molecular flexibility index (Phi) is 6.15. The van der Waals surface area contributed by atoms with E-state index in [9.17, 15) is 13.2 Å². The number of carbonyl (C=O) groups excluding carboxylic acids is 1. The molecule has 0 unspecified atom stereocenters. The summed E-state index contributed by atoms with van der Waals surface area (Å²) in [7, 11) is -0.460. The molecule has 0 radical (unpaired) electrons. The Morgan fingerprint density at radius 3 is 2.59 bits per heavy atom. The molecule has 2 N–H and O–H groups in total. The van der Waals surface area contributed by atoms with Gasteiger partial charge < -0.3 is 19.7 Å². The van der Waals surface area contributed by atoms with Crippen molar-refractivity contribution in [1.82, 2.24) is 9.62 Å². The lowest BCUT2D eigenvalue weighted by molar-refractivity contribution is -0.114. The van der Waals surface area contributed by atoms with Crippen molar-refractivity contribution in [3.8, 4) is 11.5 Å². The highest BCUT2D eigenvalue weighted by atomic mass is 32.2. The standard InChI is InChI=1S/C23H29N3O5S/c1-16(27)24-17-8-9-21(30-3)22(14-17)32(28,29)25-19-15-23(10-12-26(2)13-11-23)31-20-7-5-4-6-18(19)20/h4-9,14,19,25H,10-13,15H2,1-3H3,(H,24,27)/t19-/m1/s1. The lowest BCUT2D eigenvalue weighted by atomic mass is 9.81. The molecule has 0 aliphatic carbocycles. The molecule has 1 saturated heterocycles. The van der Waals surface area contributed by atoms with Crippen molar-refractivity contribution in [2.24, 2.45) is 0 Å². The largest absolute Gasteiger partial charge is 0.495 e. The summed E-state index contributed by atoms with van der Waals surface area (Å²) in [4.78, 5) is 13.7. The van der Waals surface area contributed by atoms with Gasteiger partial charge >= 0.3 is 0 Å². The van der Waals surface area contributed by atoms with Crippen molar-refractivity contribution in [1.29, 1.82) is 0 Å². The average Bonchev–Trinajstić information content (AvgIpc) is 2.75. The number of para-hydroxylation sites is 1. The number of fused-ring (bicyclic) bond motifs is 1. The van der Waals surface area contributed by atoms with Gasteiger partial charge in [0.25, 0.3) is 0 Å². The highest BCUT2D eigenvalue weighted by molar-refractivity contribution is 7.89. The van der Waals surface area contributed by atoms with Crippen LogP contribution in [0.1, 0.15) is 37.8 Å². The molecule has 4 rings (SSSR count). The fourth-order valence-electron chi connectivity index (χ4n) is 4.47. The minimum atomic E-state index is -3.96. The first-order valence-corrected chi connectivity index (χ1v) is 12.1. The summed E-state index contributed by atoms with van der Waals surface area (Å²) < 4.78 is 41.6. The van der Waals surface area contributed by atoms with Crippen LogP contribution in [0.2, 0.25) is 0 Å².